The van der Waals surface area contributed by atoms with Crippen LogP contribution in [0, 0.1) is 0 Å². The Kier molecular flexibility index (Phi) is 31.8. The van der Waals surface area contributed by atoms with Crippen LogP contribution >= 0.6 is 0 Å². The van der Waals surface area contributed by atoms with Crippen molar-refractivity contribution in [2.24, 2.45) is 0 Å². The number of rotatable bonds is 32. The first-order valence-corrected chi connectivity index (χ1v) is 20.4. The van der Waals surface area contributed by atoms with E-state index < -0.39 is 42.2 Å². The molecule has 12 nitrogen and oxygen atoms in total. The third-order valence-corrected chi connectivity index (χ3v) is 8.44. The number of likely N-dealkylation sites (N-methyl/N-ethyl adjacent to an activating group) is 2. The minimum atomic E-state index is -1.27. The average molecular weight is 771 g/mol. The zero-order chi connectivity index (χ0) is 41.4. The van der Waals surface area contributed by atoms with Crippen LogP contribution in [-0.4, -0.2) is 117 Å². The summed E-state index contributed by atoms with van der Waals surface area (Å²) < 4.78 is 11.3. The van der Waals surface area contributed by atoms with Crippen molar-refractivity contribution < 1.29 is 58.0 Å². The van der Waals surface area contributed by atoms with Crippen LogP contribution in [0.4, 0.5) is 0 Å². The molecule has 3 atom stereocenters. The topological polar surface area (TPSA) is 173 Å². The van der Waals surface area contributed by atoms with E-state index >= 15 is 0 Å². The zero-order valence-corrected chi connectivity index (χ0v) is 35.3. The molecule has 0 radical (unpaired) electrons. The Morgan fingerprint density at radius 1 is 0.611 bits per heavy atom. The number of hydrogen-bond acceptors (Lipinski definition) is 10. The molecule has 54 heavy (non-hydrogen) atoms. The lowest BCUT2D eigenvalue weighted by Gasteiger charge is -2.29. The number of aliphatic hydroxyl groups excluding tert-OH is 2. The van der Waals surface area contributed by atoms with E-state index in [-0.39, 0.29) is 25.0 Å². The number of esters is 2. The van der Waals surface area contributed by atoms with E-state index in [1.807, 2.05) is 48.4 Å². The molecule has 0 heterocycles. The van der Waals surface area contributed by atoms with Crippen molar-refractivity contribution in [3.8, 4) is 0 Å². The fraction of sp³-hybridized carbons (Fsp3) is 0.810. The average Bonchev–Trinajstić information content (AvgIpc) is 3.01. The predicted molar refractivity (Wildman–Crippen MR) is 210 cm³/mol. The molecule has 0 fully saturated rings. The van der Waals surface area contributed by atoms with Crippen molar-refractivity contribution in [3.05, 3.63) is 24.0 Å². The van der Waals surface area contributed by atoms with Gasteiger partial charge in [0.25, 0.3) is 0 Å². The van der Waals surface area contributed by atoms with Crippen molar-refractivity contribution in [1.29, 1.82) is 0 Å². The molecule has 0 amide bonds. The molecule has 0 aromatic heterocycles. The van der Waals surface area contributed by atoms with Gasteiger partial charge in [-0.2, -0.15) is 0 Å². The van der Waals surface area contributed by atoms with Crippen LogP contribution in [0.25, 0.3) is 0 Å². The quantitative estimate of drug-likeness (QED) is 0.0228. The first-order valence-electron chi connectivity index (χ1n) is 20.4. The monoisotopic (exact) mass is 771 g/mol. The molecule has 2 N–H and O–H groups in total. The summed E-state index contributed by atoms with van der Waals surface area (Å²) in [6.07, 6.45) is 22.1. The number of hydrogen-bond donors (Lipinski definition) is 2. The van der Waals surface area contributed by atoms with Gasteiger partial charge < -0.3 is 48.5 Å². The fourth-order valence-corrected chi connectivity index (χ4v) is 5.89. The molecule has 0 aliphatic carbocycles. The van der Waals surface area contributed by atoms with Gasteiger partial charge in [0.05, 0.1) is 60.9 Å². The van der Waals surface area contributed by atoms with E-state index in [1.54, 1.807) is 0 Å². The van der Waals surface area contributed by atoms with Crippen LogP contribution in [0.1, 0.15) is 149 Å². The maximum atomic E-state index is 12.0. The molecule has 0 aromatic carbocycles. The van der Waals surface area contributed by atoms with Crippen LogP contribution in [0.2, 0.25) is 0 Å². The molecule has 12 heteroatoms. The van der Waals surface area contributed by atoms with Gasteiger partial charge in [0.2, 0.25) is 0 Å². The number of aliphatic hydroxyl groups is 2. The van der Waals surface area contributed by atoms with Crippen LogP contribution in [-0.2, 0) is 28.7 Å². The summed E-state index contributed by atoms with van der Waals surface area (Å²) in [6, 6.07) is 0. The number of ether oxygens (including phenoxy) is 2. The van der Waals surface area contributed by atoms with Crippen LogP contribution < -0.4 is 10.2 Å². The van der Waals surface area contributed by atoms with Crippen molar-refractivity contribution >= 4 is 23.9 Å². The van der Waals surface area contributed by atoms with Crippen LogP contribution in [0.15, 0.2) is 24.0 Å². The summed E-state index contributed by atoms with van der Waals surface area (Å²) in [5.41, 5.74) is 0. The Labute approximate surface area is 327 Å². The van der Waals surface area contributed by atoms with E-state index in [9.17, 15) is 39.6 Å². The number of carboxylic acids is 2. The highest BCUT2D eigenvalue weighted by Crippen LogP contribution is 2.14. The molecule has 0 saturated heterocycles. The van der Waals surface area contributed by atoms with Gasteiger partial charge in [0.1, 0.15) is 18.8 Å². The lowest BCUT2D eigenvalue weighted by molar-refractivity contribution is -0.873. The molecular formula is C42H78N2O10. The number of nitrogens with zero attached hydrogens (tertiary/aromatic N) is 2. The summed E-state index contributed by atoms with van der Waals surface area (Å²) in [6.45, 7) is 5.14. The van der Waals surface area contributed by atoms with E-state index in [0.29, 0.717) is 28.5 Å². The summed E-state index contributed by atoms with van der Waals surface area (Å²) in [7, 11) is 11.3. The smallest absolute Gasteiger partial charge is 0.334 e. The number of aliphatic carboxylic acids is 2. The highest BCUT2D eigenvalue weighted by Gasteiger charge is 2.24. The van der Waals surface area contributed by atoms with Gasteiger partial charge in [-0.3, -0.25) is 4.79 Å². The predicted octanol–water partition coefficient (Wildman–Crippen LogP) is 5.30. The van der Waals surface area contributed by atoms with Crippen molar-refractivity contribution in [3.63, 3.8) is 0 Å². The second-order valence-electron chi connectivity index (χ2n) is 16.6. The highest BCUT2D eigenvalue weighted by molar-refractivity contribution is 5.83. The molecule has 0 bridgehead atoms. The van der Waals surface area contributed by atoms with Gasteiger partial charge in [0, 0.05) is 24.8 Å². The summed E-state index contributed by atoms with van der Waals surface area (Å²) in [5.74, 6) is -4.01. The number of carbonyl (C=O) groups is 4. The van der Waals surface area contributed by atoms with E-state index in [4.69, 9.17) is 9.47 Å². The second kappa shape index (κ2) is 32.3. The summed E-state index contributed by atoms with van der Waals surface area (Å²) >= 11 is 0. The van der Waals surface area contributed by atoms with Gasteiger partial charge in [0.15, 0.2) is 12.2 Å². The summed E-state index contributed by atoms with van der Waals surface area (Å²) in [5, 5.41) is 41.5. The highest BCUT2D eigenvalue weighted by atomic mass is 16.6. The lowest BCUT2D eigenvalue weighted by Crippen LogP contribution is -2.45. The first-order chi connectivity index (χ1) is 25.3. The molecule has 0 rings (SSSR count). The Morgan fingerprint density at radius 2 is 1.02 bits per heavy atom. The Hall–Kier alpha value is -2.96. The van der Waals surface area contributed by atoms with Crippen LogP contribution in [0.5, 0.6) is 0 Å². The largest absolute Gasteiger partial charge is 0.550 e. The van der Waals surface area contributed by atoms with Gasteiger partial charge in [-0.25, -0.2) is 4.79 Å². The van der Waals surface area contributed by atoms with E-state index in [0.717, 1.165) is 38.2 Å². The summed E-state index contributed by atoms with van der Waals surface area (Å²) in [4.78, 5) is 45.5. The third kappa shape index (κ3) is 40.2. The first kappa shape index (κ1) is 53.1. The number of allylic oxidation sites excluding steroid dienone is 2. The lowest BCUT2D eigenvalue weighted by atomic mass is 10.0. The molecule has 0 aromatic rings. The maximum Gasteiger partial charge on any atom is 0.334 e. The zero-order valence-electron chi connectivity index (χ0n) is 35.3. The molecular weight excluding hydrogens is 692 g/mol. The number of carboxylic acid groups (broad SMARTS) is 2. The molecule has 0 saturated carbocycles. The third-order valence-electron chi connectivity index (χ3n) is 8.44. The minimum Gasteiger partial charge on any atom is -0.550 e. The van der Waals surface area contributed by atoms with Crippen LogP contribution in [0.3, 0.4) is 0 Å². The van der Waals surface area contributed by atoms with E-state index in [1.165, 1.54) is 83.1 Å². The Balaban J connectivity index is 0. The van der Waals surface area contributed by atoms with Gasteiger partial charge >= 0.3 is 11.9 Å². The minimum absolute atomic E-state index is 0.0856. The van der Waals surface area contributed by atoms with Crippen molar-refractivity contribution in [2.75, 3.05) is 55.4 Å². The number of unbranched alkanes of at least 4 members (excludes halogenated alkanes) is 15. The number of quaternary nitrogens is 2. The molecule has 316 valence electrons. The van der Waals surface area contributed by atoms with Crippen molar-refractivity contribution in [1.82, 2.24) is 0 Å². The number of carbonyl (C=O) groups excluding carboxylic acids is 4. The normalized spacial score (nSPS) is 13.8. The van der Waals surface area contributed by atoms with E-state index in [2.05, 4.69) is 13.8 Å². The molecule has 0 aliphatic rings. The molecule has 0 spiro atoms. The molecule has 0 aliphatic heterocycles. The van der Waals surface area contributed by atoms with Gasteiger partial charge in [-0.15, -0.1) is 0 Å². The Morgan fingerprint density at radius 3 is 1.44 bits per heavy atom. The maximum absolute atomic E-state index is 12.0. The second-order valence-corrected chi connectivity index (χ2v) is 16.6. The Bertz CT molecular complexity index is 1060. The SMILES string of the molecule is CCCCCCCCCC=CC(O)=CC(=O)OC(CC(=O)[O-])C[N+](C)(C)C.CCCCCCCCCCCC(O)CC(=O)OC(CC(=O)[O-])C[N+](C)(C)C. The van der Waals surface area contributed by atoms with Gasteiger partial charge in [-0.05, 0) is 25.3 Å². The molecule has 3 unspecified atom stereocenters. The standard InChI is InChI=1S/C21H41NO5.C21H37NO5/c2*1-5-6-7-8-9-10-11-12-13-14-18(23)15-21(26)27-19(16-20(24)25)17-22(2,3)4/h18-19,23H,5-17H2,1-4H3;13-15,19H,5-12,16-17H2,1-4H3,(H-,23,24,25,26). The fourth-order valence-electron chi connectivity index (χ4n) is 5.89. The van der Waals surface area contributed by atoms with Gasteiger partial charge in [-0.1, -0.05) is 116 Å². The van der Waals surface area contributed by atoms with Crippen molar-refractivity contribution in [2.45, 2.75) is 167 Å².